The number of hydrogen-bond donors (Lipinski definition) is 0. The summed E-state index contributed by atoms with van der Waals surface area (Å²) in [6.07, 6.45) is 0. The standard InChI is InChI=1S/C43H23N3O/c47-42-33-22-31(24-12-4-1-5-13-24)27-18-10-20-29-35(27)39(33)46-40-34(42)23-32(25-14-6-2-7-15-25)28-19-11-21-30(36(28)40)38-41(46)37(29)44-43(45-38)26-16-8-3-9-17-26/h1-23H. The van der Waals surface area contributed by atoms with Crippen molar-refractivity contribution < 1.29 is 0 Å². The van der Waals surface area contributed by atoms with Crippen LogP contribution >= 0.6 is 0 Å². The van der Waals surface area contributed by atoms with Crippen LogP contribution < -0.4 is 5.43 Å². The first-order valence-electron chi connectivity index (χ1n) is 15.9. The van der Waals surface area contributed by atoms with Gasteiger partial charge in [0.15, 0.2) is 11.3 Å². The number of benzene rings is 7. The van der Waals surface area contributed by atoms with Crippen LogP contribution in [0.3, 0.4) is 0 Å². The quantitative estimate of drug-likeness (QED) is 0.150. The van der Waals surface area contributed by atoms with Gasteiger partial charge in [-0.15, -0.1) is 0 Å². The molecule has 0 radical (unpaired) electrons. The summed E-state index contributed by atoms with van der Waals surface area (Å²) in [6, 6.07) is 48.1. The molecule has 0 spiro atoms. The third-order valence-corrected chi connectivity index (χ3v) is 10.0. The summed E-state index contributed by atoms with van der Waals surface area (Å²) in [4.78, 5) is 25.6. The van der Waals surface area contributed by atoms with Crippen LogP contribution in [0.5, 0.6) is 0 Å². The summed E-state index contributed by atoms with van der Waals surface area (Å²) in [5, 5.41) is 7.78. The van der Waals surface area contributed by atoms with E-state index in [9.17, 15) is 4.79 Å². The first-order chi connectivity index (χ1) is 23.3. The second-order valence-electron chi connectivity index (χ2n) is 12.5. The number of rotatable bonds is 3. The third-order valence-electron chi connectivity index (χ3n) is 10.0. The molecule has 0 bridgehead atoms. The topological polar surface area (TPSA) is 47.3 Å². The van der Waals surface area contributed by atoms with Gasteiger partial charge in [-0.05, 0) is 45.2 Å². The molecule has 4 nitrogen and oxygen atoms in total. The molecule has 4 aromatic heterocycles. The van der Waals surface area contributed by atoms with Gasteiger partial charge in [0.1, 0.15) is 0 Å². The van der Waals surface area contributed by atoms with E-state index in [4.69, 9.17) is 9.97 Å². The minimum absolute atomic E-state index is 0.0442. The molecule has 216 valence electrons. The van der Waals surface area contributed by atoms with Crippen LogP contribution in [0.15, 0.2) is 144 Å². The van der Waals surface area contributed by atoms with Crippen molar-refractivity contribution in [2.75, 3.05) is 0 Å². The summed E-state index contributed by atoms with van der Waals surface area (Å²) in [5.74, 6) is 0.687. The van der Waals surface area contributed by atoms with E-state index < -0.39 is 0 Å². The Hall–Kier alpha value is -6.39. The smallest absolute Gasteiger partial charge is 0.197 e. The van der Waals surface area contributed by atoms with Crippen LogP contribution in [0, 0.1) is 0 Å². The maximum absolute atomic E-state index is 15.0. The molecular formula is C43H23N3O. The lowest BCUT2D eigenvalue weighted by Gasteiger charge is -2.24. The highest BCUT2D eigenvalue weighted by molar-refractivity contribution is 6.34. The van der Waals surface area contributed by atoms with Crippen LogP contribution in [0.4, 0.5) is 0 Å². The van der Waals surface area contributed by atoms with Gasteiger partial charge in [-0.25, -0.2) is 9.97 Å². The maximum atomic E-state index is 15.0. The van der Waals surface area contributed by atoms with E-state index in [0.29, 0.717) is 16.6 Å². The molecule has 0 atom stereocenters. The average molecular weight is 598 g/mol. The third kappa shape index (κ3) is 3.14. The Kier molecular flexibility index (Phi) is 4.69. The number of fused-ring (bicyclic) bond motifs is 2. The Labute approximate surface area is 267 Å². The van der Waals surface area contributed by atoms with Gasteiger partial charge in [0.25, 0.3) is 0 Å². The van der Waals surface area contributed by atoms with Crippen molar-refractivity contribution >= 4 is 70.7 Å². The molecule has 0 amide bonds. The first-order valence-corrected chi connectivity index (χ1v) is 15.9. The number of pyridine rings is 3. The molecular weight excluding hydrogens is 574 g/mol. The first kappa shape index (κ1) is 24.9. The van der Waals surface area contributed by atoms with Gasteiger partial charge in [0, 0.05) is 37.9 Å². The highest BCUT2D eigenvalue weighted by Gasteiger charge is 2.27. The Morgan fingerprint density at radius 1 is 0.404 bits per heavy atom. The van der Waals surface area contributed by atoms with Crippen molar-refractivity contribution in [1.29, 1.82) is 0 Å². The van der Waals surface area contributed by atoms with Crippen molar-refractivity contribution in [3.63, 3.8) is 0 Å². The predicted molar refractivity (Wildman–Crippen MR) is 194 cm³/mol. The minimum Gasteiger partial charge on any atom is -0.304 e. The Morgan fingerprint density at radius 2 is 0.830 bits per heavy atom. The van der Waals surface area contributed by atoms with Gasteiger partial charge in [-0.3, -0.25) is 4.79 Å². The fourth-order valence-electron chi connectivity index (χ4n) is 8.07. The molecule has 0 aliphatic rings. The van der Waals surface area contributed by atoms with E-state index in [2.05, 4.69) is 114 Å². The zero-order chi connectivity index (χ0) is 30.8. The zero-order valence-corrected chi connectivity index (χ0v) is 25.0. The lowest BCUT2D eigenvalue weighted by atomic mass is 9.88. The van der Waals surface area contributed by atoms with Gasteiger partial charge in [-0.2, -0.15) is 0 Å². The molecule has 0 fully saturated rings. The molecule has 0 aliphatic heterocycles. The number of hydrogen-bond acceptors (Lipinski definition) is 3. The normalized spacial score (nSPS) is 12.3. The van der Waals surface area contributed by atoms with Crippen LogP contribution in [-0.2, 0) is 0 Å². The van der Waals surface area contributed by atoms with Gasteiger partial charge in [0.05, 0.1) is 27.6 Å². The number of aromatic nitrogens is 3. The fraction of sp³-hybridized carbons (Fsp3) is 0. The van der Waals surface area contributed by atoms with E-state index in [0.717, 1.165) is 87.7 Å². The van der Waals surface area contributed by atoms with Crippen LogP contribution in [0.25, 0.3) is 104 Å². The lowest BCUT2D eigenvalue weighted by molar-refractivity contribution is 1.23. The van der Waals surface area contributed by atoms with Gasteiger partial charge < -0.3 is 4.40 Å². The van der Waals surface area contributed by atoms with E-state index in [1.807, 2.05) is 30.3 Å². The number of nitrogens with zero attached hydrogens (tertiary/aromatic N) is 3. The predicted octanol–water partition coefficient (Wildman–Crippen LogP) is 10.3. The Bertz CT molecular complexity index is 2880. The van der Waals surface area contributed by atoms with Crippen molar-refractivity contribution in [2.45, 2.75) is 0 Å². The van der Waals surface area contributed by atoms with E-state index in [1.54, 1.807) is 0 Å². The molecule has 4 heterocycles. The van der Waals surface area contributed by atoms with Gasteiger partial charge in [0.2, 0.25) is 0 Å². The molecule has 0 saturated heterocycles. The zero-order valence-electron chi connectivity index (χ0n) is 25.0. The molecule has 0 saturated carbocycles. The monoisotopic (exact) mass is 597 g/mol. The van der Waals surface area contributed by atoms with Gasteiger partial charge in [-0.1, -0.05) is 127 Å². The minimum atomic E-state index is 0.0442. The molecule has 7 aromatic carbocycles. The molecule has 0 N–H and O–H groups in total. The van der Waals surface area contributed by atoms with Crippen molar-refractivity contribution in [1.82, 2.24) is 14.4 Å². The van der Waals surface area contributed by atoms with Gasteiger partial charge >= 0.3 is 0 Å². The summed E-state index contributed by atoms with van der Waals surface area (Å²) in [6.45, 7) is 0. The molecule has 0 unspecified atom stereocenters. The second-order valence-corrected chi connectivity index (χ2v) is 12.5. The highest BCUT2D eigenvalue weighted by atomic mass is 16.1. The van der Waals surface area contributed by atoms with E-state index >= 15 is 0 Å². The molecule has 4 heteroatoms. The Morgan fingerprint density at radius 3 is 1.30 bits per heavy atom. The van der Waals surface area contributed by atoms with Crippen molar-refractivity contribution in [3.8, 4) is 33.6 Å². The summed E-state index contributed by atoms with van der Waals surface area (Å²) >= 11 is 0. The van der Waals surface area contributed by atoms with Crippen LogP contribution in [-0.4, -0.2) is 14.4 Å². The van der Waals surface area contributed by atoms with E-state index in [1.165, 1.54) is 0 Å². The lowest BCUT2D eigenvalue weighted by Crippen LogP contribution is -2.13. The molecule has 47 heavy (non-hydrogen) atoms. The molecule has 11 aromatic rings. The maximum Gasteiger partial charge on any atom is 0.197 e. The fourth-order valence-corrected chi connectivity index (χ4v) is 8.07. The second kappa shape index (κ2) is 8.87. The largest absolute Gasteiger partial charge is 0.304 e. The van der Waals surface area contributed by atoms with Crippen LogP contribution in [0.1, 0.15) is 0 Å². The Balaban J connectivity index is 1.49. The molecule has 0 aliphatic carbocycles. The van der Waals surface area contributed by atoms with Crippen LogP contribution in [0.2, 0.25) is 0 Å². The summed E-state index contributed by atoms with van der Waals surface area (Å²) < 4.78 is 2.32. The SMILES string of the molecule is O=c1c2cc(-c3ccccc3)c3cccc4c5nc(-c6ccccc6)nc6c7cccc8c(-c9ccccc9)cc1c(c87)n(c56)c2c34. The van der Waals surface area contributed by atoms with Crippen molar-refractivity contribution in [2.24, 2.45) is 0 Å². The van der Waals surface area contributed by atoms with E-state index in [-0.39, 0.29) is 5.43 Å². The summed E-state index contributed by atoms with van der Waals surface area (Å²) in [7, 11) is 0. The highest BCUT2D eigenvalue weighted by Crippen LogP contribution is 2.47. The molecule has 11 rings (SSSR count). The van der Waals surface area contributed by atoms with Crippen molar-refractivity contribution in [3.05, 3.63) is 150 Å². The average Bonchev–Trinajstić information content (AvgIpc) is 3.14. The summed E-state index contributed by atoms with van der Waals surface area (Å²) in [5.41, 5.74) is 9.83.